The van der Waals surface area contributed by atoms with E-state index in [1.54, 1.807) is 37.3 Å². The topological polar surface area (TPSA) is 88.5 Å². The van der Waals surface area contributed by atoms with Gasteiger partial charge in [0, 0.05) is 24.7 Å². The zero-order valence-corrected chi connectivity index (χ0v) is 14.1. The molecule has 2 aromatic rings. The van der Waals surface area contributed by atoms with Gasteiger partial charge in [0.2, 0.25) is 0 Å². The second-order valence-electron chi connectivity index (χ2n) is 5.95. The number of para-hydroxylation sites is 1. The van der Waals surface area contributed by atoms with Crippen molar-refractivity contribution in [3.05, 3.63) is 69.2 Å². The first-order chi connectivity index (χ1) is 11.3. The lowest BCUT2D eigenvalue weighted by molar-refractivity contribution is -0.385. The van der Waals surface area contributed by atoms with Gasteiger partial charge in [-0.2, -0.15) is 0 Å². The predicted octanol–water partition coefficient (Wildman–Crippen LogP) is 3.32. The largest absolute Gasteiger partial charge is 0.466 e. The third kappa shape index (κ3) is 4.31. The highest BCUT2D eigenvalue weighted by Gasteiger charge is 2.26. The molecule has 1 aromatic carbocycles. The van der Waals surface area contributed by atoms with Crippen molar-refractivity contribution in [2.45, 2.75) is 26.4 Å². The first-order valence-electron chi connectivity index (χ1n) is 7.72. The molecule has 6 heteroatoms. The number of nitro benzene ring substituents is 1. The van der Waals surface area contributed by atoms with Crippen molar-refractivity contribution in [2.24, 2.45) is 0 Å². The van der Waals surface area contributed by atoms with Gasteiger partial charge < -0.3 is 14.8 Å². The number of nitrogens with zero attached hydrogens (tertiary/aromatic N) is 1. The Labute approximate surface area is 141 Å². The van der Waals surface area contributed by atoms with E-state index in [2.05, 4.69) is 5.32 Å². The summed E-state index contributed by atoms with van der Waals surface area (Å²) in [6.45, 7) is 6.22. The molecule has 0 amide bonds. The molecule has 0 aliphatic carbocycles. The average Bonchev–Trinajstić information content (AvgIpc) is 2.86. The van der Waals surface area contributed by atoms with Crippen molar-refractivity contribution < 1.29 is 14.4 Å². The molecule has 0 aliphatic rings. The maximum Gasteiger partial charge on any atom is 0.276 e. The molecule has 2 rings (SSSR count). The van der Waals surface area contributed by atoms with Gasteiger partial charge in [0.1, 0.15) is 17.1 Å². The molecule has 0 bridgehead atoms. The number of aliphatic hydroxyl groups is 1. The van der Waals surface area contributed by atoms with Crippen molar-refractivity contribution in [1.82, 2.24) is 5.32 Å². The smallest absolute Gasteiger partial charge is 0.276 e. The second-order valence-corrected chi connectivity index (χ2v) is 5.95. The Morgan fingerprint density at radius 2 is 2.08 bits per heavy atom. The summed E-state index contributed by atoms with van der Waals surface area (Å²) in [5, 5.41) is 24.7. The fourth-order valence-electron chi connectivity index (χ4n) is 2.64. The number of benzene rings is 1. The molecule has 0 aliphatic heterocycles. The van der Waals surface area contributed by atoms with E-state index in [0.717, 1.165) is 11.3 Å². The molecule has 1 atom stereocenters. The van der Waals surface area contributed by atoms with Crippen molar-refractivity contribution in [2.75, 3.05) is 13.1 Å². The Morgan fingerprint density at radius 3 is 2.71 bits per heavy atom. The van der Waals surface area contributed by atoms with E-state index in [1.807, 2.05) is 19.9 Å². The van der Waals surface area contributed by atoms with Crippen molar-refractivity contribution >= 4 is 11.8 Å². The Kier molecular flexibility index (Phi) is 5.54. The van der Waals surface area contributed by atoms with E-state index in [4.69, 9.17) is 4.42 Å². The molecular weight excluding hydrogens is 308 g/mol. The normalized spacial score (nSPS) is 14.0. The minimum absolute atomic E-state index is 0.0743. The van der Waals surface area contributed by atoms with E-state index in [1.165, 1.54) is 6.07 Å². The quantitative estimate of drug-likeness (QED) is 0.462. The maximum atomic E-state index is 10.9. The number of hydrogen-bond acceptors (Lipinski definition) is 5. The molecule has 24 heavy (non-hydrogen) atoms. The highest BCUT2D eigenvalue weighted by atomic mass is 16.6. The first-order valence-corrected chi connectivity index (χ1v) is 7.72. The van der Waals surface area contributed by atoms with Gasteiger partial charge in [0.15, 0.2) is 0 Å². The molecule has 0 fully saturated rings. The summed E-state index contributed by atoms with van der Waals surface area (Å²) in [6, 6.07) is 8.40. The van der Waals surface area contributed by atoms with Crippen LogP contribution in [0.25, 0.3) is 6.08 Å². The summed E-state index contributed by atoms with van der Waals surface area (Å²) in [7, 11) is 0. The molecule has 1 unspecified atom stereocenters. The van der Waals surface area contributed by atoms with Crippen LogP contribution >= 0.6 is 0 Å². The maximum absolute atomic E-state index is 10.9. The van der Waals surface area contributed by atoms with Crippen LogP contribution in [0.3, 0.4) is 0 Å². The Bertz CT molecular complexity index is 747. The van der Waals surface area contributed by atoms with E-state index >= 15 is 0 Å². The van der Waals surface area contributed by atoms with Gasteiger partial charge >= 0.3 is 0 Å². The lowest BCUT2D eigenvalue weighted by Gasteiger charge is -2.23. The Morgan fingerprint density at radius 1 is 1.38 bits per heavy atom. The minimum Gasteiger partial charge on any atom is -0.466 e. The fraction of sp³-hybridized carbons (Fsp3) is 0.333. The van der Waals surface area contributed by atoms with Gasteiger partial charge in [-0.3, -0.25) is 10.1 Å². The van der Waals surface area contributed by atoms with Crippen LogP contribution in [-0.4, -0.2) is 23.1 Å². The average molecular weight is 330 g/mol. The predicted molar refractivity (Wildman–Crippen MR) is 92.8 cm³/mol. The highest BCUT2D eigenvalue weighted by molar-refractivity contribution is 5.60. The molecule has 1 heterocycles. The summed E-state index contributed by atoms with van der Waals surface area (Å²) in [4.78, 5) is 10.5. The van der Waals surface area contributed by atoms with E-state index in [0.29, 0.717) is 24.4 Å². The Balaban J connectivity index is 1.93. The summed E-state index contributed by atoms with van der Waals surface area (Å²) in [6.07, 6.45) is 3.50. The van der Waals surface area contributed by atoms with Crippen LogP contribution in [0.5, 0.6) is 0 Å². The zero-order valence-electron chi connectivity index (χ0n) is 14.1. The highest BCUT2D eigenvalue weighted by Crippen LogP contribution is 2.26. The molecule has 128 valence electrons. The number of nitro groups is 1. The summed E-state index contributed by atoms with van der Waals surface area (Å²) < 4.78 is 5.46. The van der Waals surface area contributed by atoms with Crippen LogP contribution in [0, 0.1) is 24.0 Å². The van der Waals surface area contributed by atoms with Crippen LogP contribution in [-0.2, 0) is 5.60 Å². The third-order valence-electron chi connectivity index (χ3n) is 3.78. The van der Waals surface area contributed by atoms with Crippen molar-refractivity contribution in [3.8, 4) is 0 Å². The van der Waals surface area contributed by atoms with Crippen molar-refractivity contribution in [3.63, 3.8) is 0 Å². The molecule has 0 saturated carbocycles. The van der Waals surface area contributed by atoms with Gasteiger partial charge in [0.25, 0.3) is 5.69 Å². The van der Waals surface area contributed by atoms with Crippen LogP contribution in [0.2, 0.25) is 0 Å². The Hall–Kier alpha value is -2.44. The molecule has 0 spiro atoms. The fourth-order valence-corrected chi connectivity index (χ4v) is 2.64. The summed E-state index contributed by atoms with van der Waals surface area (Å²) in [5.74, 6) is 1.47. The number of nitrogens with one attached hydrogen (secondary N) is 1. The van der Waals surface area contributed by atoms with E-state index < -0.39 is 10.5 Å². The number of rotatable bonds is 7. The molecule has 0 radical (unpaired) electrons. The van der Waals surface area contributed by atoms with Gasteiger partial charge in [-0.15, -0.1) is 0 Å². The molecule has 1 aromatic heterocycles. The lowest BCUT2D eigenvalue weighted by atomic mass is 9.96. The van der Waals surface area contributed by atoms with Crippen LogP contribution in [0.15, 0.2) is 40.8 Å². The zero-order chi connectivity index (χ0) is 17.7. The SMILES string of the molecule is Cc1cc(C(C)(O)CNC/C=C/c2ccccc2[N+](=O)[O-])c(C)o1. The molecule has 6 nitrogen and oxygen atoms in total. The molecule has 2 N–H and O–H groups in total. The lowest BCUT2D eigenvalue weighted by Crippen LogP contribution is -2.35. The number of aryl methyl sites for hydroxylation is 2. The summed E-state index contributed by atoms with van der Waals surface area (Å²) in [5.41, 5.74) is 0.340. The van der Waals surface area contributed by atoms with Crippen LogP contribution in [0.4, 0.5) is 5.69 Å². The van der Waals surface area contributed by atoms with Gasteiger partial charge in [-0.1, -0.05) is 24.3 Å². The van der Waals surface area contributed by atoms with Crippen LogP contribution < -0.4 is 5.32 Å². The monoisotopic (exact) mass is 330 g/mol. The summed E-state index contributed by atoms with van der Waals surface area (Å²) >= 11 is 0. The van der Waals surface area contributed by atoms with Gasteiger partial charge in [-0.25, -0.2) is 0 Å². The second kappa shape index (κ2) is 7.42. The first kappa shape index (κ1) is 17.9. The number of furan rings is 1. The molecular formula is C18H22N2O4. The van der Waals surface area contributed by atoms with Gasteiger partial charge in [-0.05, 0) is 32.9 Å². The van der Waals surface area contributed by atoms with Crippen LogP contribution in [0.1, 0.15) is 29.6 Å². The van der Waals surface area contributed by atoms with Crippen molar-refractivity contribution in [1.29, 1.82) is 0 Å². The minimum atomic E-state index is -1.05. The third-order valence-corrected chi connectivity index (χ3v) is 3.78. The number of hydrogen-bond donors (Lipinski definition) is 2. The standard InChI is InChI=1S/C18H22N2O4/c1-13-11-16(14(2)24-13)18(3,21)12-19-10-6-8-15-7-4-5-9-17(15)20(22)23/h4-9,11,19,21H,10,12H2,1-3H3/b8-6+. The van der Waals surface area contributed by atoms with Gasteiger partial charge in [0.05, 0.1) is 10.5 Å². The van der Waals surface area contributed by atoms with E-state index in [9.17, 15) is 15.2 Å². The molecule has 0 saturated heterocycles. The van der Waals surface area contributed by atoms with E-state index in [-0.39, 0.29) is 5.69 Å².